The Labute approximate surface area is 124 Å². The van der Waals surface area contributed by atoms with Crippen molar-refractivity contribution in [3.8, 4) is 5.75 Å². The number of ether oxygens (including phenoxy) is 1. The van der Waals surface area contributed by atoms with E-state index in [4.69, 9.17) is 4.74 Å². The van der Waals surface area contributed by atoms with Crippen LogP contribution in [-0.2, 0) is 0 Å². The molecule has 1 aliphatic rings. The summed E-state index contributed by atoms with van der Waals surface area (Å²) in [6.07, 6.45) is 8.77. The normalized spacial score (nSPS) is 17.5. The number of nitrogens with one attached hydrogen (secondary N) is 1. The van der Waals surface area contributed by atoms with Crippen molar-refractivity contribution in [3.05, 3.63) is 39.9 Å². The number of likely N-dealkylation sites (N-methyl/N-ethyl adjacent to an activating group) is 1. The Hall–Kier alpha value is -0.800. The smallest absolute Gasteiger partial charge is 0.119 e. The average Bonchev–Trinajstić information content (AvgIpc) is 2.71. The second-order valence-corrected chi connectivity index (χ2v) is 5.84. The number of rotatable bonds is 4. The fraction of sp³-hybridized carbons (Fsp3) is 0.500. The highest BCUT2D eigenvalue weighted by atomic mass is 79.9. The van der Waals surface area contributed by atoms with Gasteiger partial charge in [-0.25, -0.2) is 0 Å². The number of hydrogen-bond acceptors (Lipinski definition) is 2. The van der Waals surface area contributed by atoms with Crippen molar-refractivity contribution >= 4 is 15.9 Å². The number of benzene rings is 1. The first-order valence-electron chi connectivity index (χ1n) is 6.96. The van der Waals surface area contributed by atoms with E-state index in [1.807, 2.05) is 13.1 Å². The van der Waals surface area contributed by atoms with Crippen LogP contribution in [0.2, 0.25) is 0 Å². The van der Waals surface area contributed by atoms with Crippen LogP contribution < -0.4 is 10.1 Å². The molecule has 0 aliphatic heterocycles. The summed E-state index contributed by atoms with van der Waals surface area (Å²) in [5.74, 6) is 0.910. The second-order valence-electron chi connectivity index (χ2n) is 4.99. The number of halogens is 1. The molecule has 1 atom stereocenters. The Morgan fingerprint density at radius 3 is 2.84 bits per heavy atom. The Balaban J connectivity index is 2.32. The summed E-state index contributed by atoms with van der Waals surface area (Å²) in [5, 5.41) is 3.45. The third-order valence-electron chi connectivity index (χ3n) is 3.75. The summed E-state index contributed by atoms with van der Waals surface area (Å²) in [6.45, 7) is 0. The van der Waals surface area contributed by atoms with Gasteiger partial charge in [0.25, 0.3) is 0 Å². The second kappa shape index (κ2) is 7.11. The molecular formula is C16H22BrNO. The molecule has 0 fully saturated rings. The van der Waals surface area contributed by atoms with E-state index in [0.29, 0.717) is 0 Å². The lowest BCUT2D eigenvalue weighted by atomic mass is 9.95. The fourth-order valence-electron chi connectivity index (χ4n) is 2.71. The molecule has 1 N–H and O–H groups in total. The van der Waals surface area contributed by atoms with Gasteiger partial charge in [-0.1, -0.05) is 34.0 Å². The van der Waals surface area contributed by atoms with Crippen molar-refractivity contribution in [1.82, 2.24) is 5.32 Å². The molecule has 2 nitrogen and oxygen atoms in total. The summed E-state index contributed by atoms with van der Waals surface area (Å²) >= 11 is 3.66. The van der Waals surface area contributed by atoms with E-state index in [9.17, 15) is 0 Å². The van der Waals surface area contributed by atoms with Crippen LogP contribution in [0.5, 0.6) is 5.75 Å². The van der Waals surface area contributed by atoms with Gasteiger partial charge < -0.3 is 10.1 Å². The third kappa shape index (κ3) is 3.61. The van der Waals surface area contributed by atoms with E-state index in [-0.39, 0.29) is 6.04 Å². The molecule has 0 aromatic heterocycles. The van der Waals surface area contributed by atoms with Gasteiger partial charge >= 0.3 is 0 Å². The quantitative estimate of drug-likeness (QED) is 0.817. The minimum Gasteiger partial charge on any atom is -0.497 e. The largest absolute Gasteiger partial charge is 0.497 e. The zero-order valence-electron chi connectivity index (χ0n) is 11.7. The summed E-state index contributed by atoms with van der Waals surface area (Å²) in [5.41, 5.74) is 2.77. The van der Waals surface area contributed by atoms with Gasteiger partial charge in [-0.15, -0.1) is 0 Å². The van der Waals surface area contributed by atoms with Crippen LogP contribution in [0.25, 0.3) is 0 Å². The maximum absolute atomic E-state index is 5.35. The molecule has 104 valence electrons. The Bertz CT molecular complexity index is 456. The van der Waals surface area contributed by atoms with E-state index in [1.165, 1.54) is 43.2 Å². The van der Waals surface area contributed by atoms with Crippen LogP contribution in [0.1, 0.15) is 43.7 Å². The summed E-state index contributed by atoms with van der Waals surface area (Å²) in [6, 6.07) is 6.46. The molecule has 0 spiro atoms. The minimum atomic E-state index is 0.280. The maximum Gasteiger partial charge on any atom is 0.119 e. The van der Waals surface area contributed by atoms with Crippen LogP contribution in [0.3, 0.4) is 0 Å². The average molecular weight is 324 g/mol. The van der Waals surface area contributed by atoms with Crippen LogP contribution in [0.15, 0.2) is 34.3 Å². The molecule has 0 radical (unpaired) electrons. The molecule has 2 rings (SSSR count). The summed E-state index contributed by atoms with van der Waals surface area (Å²) in [7, 11) is 3.74. The Kier molecular flexibility index (Phi) is 5.46. The predicted molar refractivity (Wildman–Crippen MR) is 83.7 cm³/mol. The molecule has 0 saturated heterocycles. The van der Waals surface area contributed by atoms with Crippen molar-refractivity contribution in [2.24, 2.45) is 0 Å². The molecule has 1 unspecified atom stereocenters. The topological polar surface area (TPSA) is 21.3 Å². The van der Waals surface area contributed by atoms with Gasteiger partial charge in [0.15, 0.2) is 0 Å². The molecule has 0 saturated carbocycles. The van der Waals surface area contributed by atoms with Gasteiger partial charge in [0.1, 0.15) is 5.75 Å². The van der Waals surface area contributed by atoms with Gasteiger partial charge in [0.05, 0.1) is 13.2 Å². The monoisotopic (exact) mass is 323 g/mol. The standard InChI is InChI=1S/C16H22BrNO/c1-18-16(12-7-5-3-4-6-8-12)14-11-13(19-2)9-10-15(14)17/h7,9-11,16,18H,3-6,8H2,1-2H3. The highest BCUT2D eigenvalue weighted by Gasteiger charge is 2.18. The first-order chi connectivity index (χ1) is 9.26. The number of methoxy groups -OCH3 is 1. The first-order valence-corrected chi connectivity index (χ1v) is 7.75. The van der Waals surface area contributed by atoms with Crippen molar-refractivity contribution in [1.29, 1.82) is 0 Å². The highest BCUT2D eigenvalue weighted by Crippen LogP contribution is 2.34. The Morgan fingerprint density at radius 1 is 1.26 bits per heavy atom. The molecule has 1 aromatic rings. The van der Waals surface area contributed by atoms with E-state index in [2.05, 4.69) is 39.5 Å². The molecule has 3 heteroatoms. The molecule has 1 aromatic carbocycles. The van der Waals surface area contributed by atoms with E-state index >= 15 is 0 Å². The van der Waals surface area contributed by atoms with Crippen molar-refractivity contribution < 1.29 is 4.74 Å². The van der Waals surface area contributed by atoms with Crippen molar-refractivity contribution in [2.45, 2.75) is 38.1 Å². The molecule has 19 heavy (non-hydrogen) atoms. The van der Waals surface area contributed by atoms with E-state index in [0.717, 1.165) is 10.2 Å². The zero-order valence-corrected chi connectivity index (χ0v) is 13.3. The maximum atomic E-state index is 5.35. The summed E-state index contributed by atoms with van der Waals surface area (Å²) in [4.78, 5) is 0. The highest BCUT2D eigenvalue weighted by molar-refractivity contribution is 9.10. The van der Waals surface area contributed by atoms with Crippen molar-refractivity contribution in [3.63, 3.8) is 0 Å². The molecular weight excluding hydrogens is 302 g/mol. The lowest BCUT2D eigenvalue weighted by molar-refractivity contribution is 0.413. The predicted octanol–water partition coefficient (Wildman–Crippen LogP) is 4.61. The number of hydrogen-bond donors (Lipinski definition) is 1. The lowest BCUT2D eigenvalue weighted by Crippen LogP contribution is -2.19. The minimum absolute atomic E-state index is 0.280. The zero-order chi connectivity index (χ0) is 13.7. The SMILES string of the molecule is CNC(C1=CCCCCC1)c1cc(OC)ccc1Br. The van der Waals surface area contributed by atoms with Gasteiger partial charge in [-0.2, -0.15) is 0 Å². The number of allylic oxidation sites excluding steroid dienone is 1. The van der Waals surface area contributed by atoms with Crippen LogP contribution in [0.4, 0.5) is 0 Å². The van der Waals surface area contributed by atoms with Crippen LogP contribution in [0, 0.1) is 0 Å². The van der Waals surface area contributed by atoms with Gasteiger partial charge in [0.2, 0.25) is 0 Å². The molecule has 1 aliphatic carbocycles. The molecule has 0 bridgehead atoms. The van der Waals surface area contributed by atoms with Gasteiger partial charge in [-0.05, 0) is 56.5 Å². The van der Waals surface area contributed by atoms with Crippen molar-refractivity contribution in [2.75, 3.05) is 14.2 Å². The fourth-order valence-corrected chi connectivity index (χ4v) is 3.19. The lowest BCUT2D eigenvalue weighted by Gasteiger charge is -2.22. The van der Waals surface area contributed by atoms with Crippen LogP contribution >= 0.6 is 15.9 Å². The van der Waals surface area contributed by atoms with E-state index in [1.54, 1.807) is 7.11 Å². The molecule has 0 heterocycles. The van der Waals surface area contributed by atoms with Crippen LogP contribution in [-0.4, -0.2) is 14.2 Å². The first kappa shape index (κ1) is 14.6. The Morgan fingerprint density at radius 2 is 2.11 bits per heavy atom. The van der Waals surface area contributed by atoms with Gasteiger partial charge in [0, 0.05) is 4.47 Å². The van der Waals surface area contributed by atoms with Gasteiger partial charge in [-0.3, -0.25) is 0 Å². The molecule has 0 amide bonds. The van der Waals surface area contributed by atoms with E-state index < -0.39 is 0 Å². The summed E-state index contributed by atoms with van der Waals surface area (Å²) < 4.78 is 6.49. The third-order valence-corrected chi connectivity index (χ3v) is 4.47.